The summed E-state index contributed by atoms with van der Waals surface area (Å²) in [6.45, 7) is 6.10. The third-order valence-corrected chi connectivity index (χ3v) is 4.61. The number of thiocarbonyl (C=S) groups is 1. The van der Waals surface area contributed by atoms with Crippen LogP contribution < -0.4 is 15.4 Å². The molecule has 0 unspecified atom stereocenters. The fourth-order valence-electron chi connectivity index (χ4n) is 2.99. The maximum absolute atomic E-state index is 12.6. The minimum absolute atomic E-state index is 0.0255. The van der Waals surface area contributed by atoms with Crippen molar-refractivity contribution in [3.8, 4) is 5.75 Å². The van der Waals surface area contributed by atoms with Crippen molar-refractivity contribution >= 4 is 34.8 Å². The number of carbonyl (C=O) groups excluding carboxylic acids is 2. The van der Waals surface area contributed by atoms with Crippen LogP contribution in [0.1, 0.15) is 34.6 Å². The van der Waals surface area contributed by atoms with Crippen LogP contribution >= 0.6 is 12.2 Å². The molecule has 158 valence electrons. The van der Waals surface area contributed by atoms with Gasteiger partial charge in [-0.05, 0) is 62.5 Å². The number of anilines is 1. The third kappa shape index (κ3) is 5.77. The average Bonchev–Trinajstić information content (AvgIpc) is 2.74. The summed E-state index contributed by atoms with van der Waals surface area (Å²) < 4.78 is 11.0. The molecule has 1 heterocycles. The van der Waals surface area contributed by atoms with Crippen LogP contribution in [0, 0.1) is 0 Å². The molecule has 1 fully saturated rings. The summed E-state index contributed by atoms with van der Waals surface area (Å²) in [6.07, 6.45) is -0.0530. The Kier molecular flexibility index (Phi) is 7.37. The second-order valence-corrected chi connectivity index (χ2v) is 7.46. The number of nitrogens with one attached hydrogen (secondary N) is 2. The molecule has 0 saturated carbocycles. The van der Waals surface area contributed by atoms with Crippen molar-refractivity contribution in [1.82, 2.24) is 10.2 Å². The molecule has 2 aromatic rings. The van der Waals surface area contributed by atoms with Crippen LogP contribution in [0.25, 0.3) is 0 Å². The van der Waals surface area contributed by atoms with E-state index in [1.54, 1.807) is 47.4 Å². The van der Waals surface area contributed by atoms with Crippen molar-refractivity contribution < 1.29 is 19.1 Å². The van der Waals surface area contributed by atoms with Crippen LogP contribution in [0.2, 0.25) is 0 Å². The standard InChI is InChI=1S/C22H25N3O4S/c1-15(2)29-19-6-4-3-5-18(19)20(26)24-22(30)23-17-9-7-16(8-10-17)21(27)25-11-13-28-14-12-25/h3-10,15H,11-14H2,1-2H3,(H2,23,24,26,30). The number of nitrogens with zero attached hydrogens (tertiary/aromatic N) is 1. The number of rotatable bonds is 5. The van der Waals surface area contributed by atoms with Crippen LogP contribution in [0.15, 0.2) is 48.5 Å². The van der Waals surface area contributed by atoms with E-state index in [0.717, 1.165) is 0 Å². The topological polar surface area (TPSA) is 79.9 Å². The zero-order chi connectivity index (χ0) is 21.5. The fraction of sp³-hybridized carbons (Fsp3) is 0.318. The molecular formula is C22H25N3O4S. The van der Waals surface area contributed by atoms with Gasteiger partial charge in [0.15, 0.2) is 5.11 Å². The largest absolute Gasteiger partial charge is 0.490 e. The van der Waals surface area contributed by atoms with E-state index in [4.69, 9.17) is 21.7 Å². The van der Waals surface area contributed by atoms with Gasteiger partial charge in [0.25, 0.3) is 11.8 Å². The first-order valence-electron chi connectivity index (χ1n) is 9.79. The molecular weight excluding hydrogens is 402 g/mol. The van der Waals surface area contributed by atoms with Crippen molar-refractivity contribution in [3.63, 3.8) is 0 Å². The van der Waals surface area contributed by atoms with Crippen molar-refractivity contribution in [3.05, 3.63) is 59.7 Å². The van der Waals surface area contributed by atoms with Crippen molar-refractivity contribution in [2.45, 2.75) is 20.0 Å². The van der Waals surface area contributed by atoms with Crippen LogP contribution in [0.3, 0.4) is 0 Å². The van der Waals surface area contributed by atoms with Gasteiger partial charge in [0.05, 0.1) is 24.9 Å². The maximum Gasteiger partial charge on any atom is 0.261 e. The van der Waals surface area contributed by atoms with Gasteiger partial charge in [-0.1, -0.05) is 12.1 Å². The molecule has 0 aromatic heterocycles. The number of amides is 2. The smallest absolute Gasteiger partial charge is 0.261 e. The van der Waals surface area contributed by atoms with E-state index in [-0.39, 0.29) is 23.0 Å². The second kappa shape index (κ2) is 10.2. The molecule has 0 radical (unpaired) electrons. The van der Waals surface area contributed by atoms with Crippen molar-refractivity contribution in [1.29, 1.82) is 0 Å². The summed E-state index contributed by atoms with van der Waals surface area (Å²) in [5.41, 5.74) is 1.67. The lowest BCUT2D eigenvalue weighted by Crippen LogP contribution is -2.40. The number of morpholine rings is 1. The summed E-state index contributed by atoms with van der Waals surface area (Å²) in [4.78, 5) is 26.9. The van der Waals surface area contributed by atoms with E-state index in [2.05, 4.69) is 10.6 Å². The van der Waals surface area contributed by atoms with Gasteiger partial charge < -0.3 is 19.7 Å². The Labute approximate surface area is 181 Å². The van der Waals surface area contributed by atoms with Gasteiger partial charge in [0, 0.05) is 24.3 Å². The van der Waals surface area contributed by atoms with Crippen molar-refractivity contribution in [2.24, 2.45) is 0 Å². The van der Waals surface area contributed by atoms with E-state index in [9.17, 15) is 9.59 Å². The lowest BCUT2D eigenvalue weighted by molar-refractivity contribution is 0.0303. The number of ether oxygens (including phenoxy) is 2. The average molecular weight is 428 g/mol. The molecule has 3 rings (SSSR count). The van der Waals surface area contributed by atoms with E-state index >= 15 is 0 Å². The Morgan fingerprint density at radius 1 is 1.07 bits per heavy atom. The minimum atomic E-state index is -0.358. The quantitative estimate of drug-likeness (QED) is 0.714. The molecule has 2 N–H and O–H groups in total. The first-order chi connectivity index (χ1) is 14.4. The van der Waals surface area contributed by atoms with E-state index in [1.807, 2.05) is 19.9 Å². The lowest BCUT2D eigenvalue weighted by Gasteiger charge is -2.26. The number of carbonyl (C=O) groups is 2. The van der Waals surface area contributed by atoms with Crippen LogP contribution in [0.4, 0.5) is 5.69 Å². The monoisotopic (exact) mass is 427 g/mol. The number of hydrogen-bond donors (Lipinski definition) is 2. The van der Waals surface area contributed by atoms with Gasteiger partial charge in [-0.2, -0.15) is 0 Å². The molecule has 2 amide bonds. The van der Waals surface area contributed by atoms with E-state index in [0.29, 0.717) is 48.9 Å². The zero-order valence-corrected chi connectivity index (χ0v) is 17.8. The molecule has 8 heteroatoms. The minimum Gasteiger partial charge on any atom is -0.490 e. The molecule has 0 bridgehead atoms. The van der Waals surface area contributed by atoms with Crippen LogP contribution in [-0.2, 0) is 4.74 Å². The molecule has 1 aliphatic rings. The summed E-state index contributed by atoms with van der Waals surface area (Å²) in [7, 11) is 0. The van der Waals surface area contributed by atoms with Gasteiger partial charge in [-0.15, -0.1) is 0 Å². The van der Waals surface area contributed by atoms with E-state index in [1.165, 1.54) is 0 Å². The number of hydrogen-bond acceptors (Lipinski definition) is 5. The normalized spacial score (nSPS) is 13.6. The van der Waals surface area contributed by atoms with Gasteiger partial charge in [-0.25, -0.2) is 0 Å². The highest BCUT2D eigenvalue weighted by Crippen LogP contribution is 2.19. The third-order valence-electron chi connectivity index (χ3n) is 4.41. The summed E-state index contributed by atoms with van der Waals surface area (Å²) >= 11 is 5.26. The number of para-hydroxylation sites is 1. The molecule has 0 aliphatic carbocycles. The Morgan fingerprint density at radius 2 is 1.73 bits per heavy atom. The van der Waals surface area contributed by atoms with Gasteiger partial charge in [0.2, 0.25) is 0 Å². The lowest BCUT2D eigenvalue weighted by atomic mass is 10.1. The molecule has 1 aliphatic heterocycles. The predicted octanol–water partition coefficient (Wildman–Crippen LogP) is 3.07. The number of benzene rings is 2. The summed E-state index contributed by atoms with van der Waals surface area (Å²) in [5.74, 6) is 0.115. The first kappa shape index (κ1) is 21.7. The Hall–Kier alpha value is -2.97. The van der Waals surface area contributed by atoms with Gasteiger partial charge >= 0.3 is 0 Å². The highest BCUT2D eigenvalue weighted by atomic mass is 32.1. The highest BCUT2D eigenvalue weighted by molar-refractivity contribution is 7.80. The Bertz CT molecular complexity index is 909. The Balaban J connectivity index is 1.58. The van der Waals surface area contributed by atoms with Gasteiger partial charge in [0.1, 0.15) is 5.75 Å². The van der Waals surface area contributed by atoms with Crippen molar-refractivity contribution in [2.75, 3.05) is 31.6 Å². The Morgan fingerprint density at radius 3 is 2.40 bits per heavy atom. The first-order valence-corrected chi connectivity index (χ1v) is 10.2. The molecule has 1 saturated heterocycles. The van der Waals surface area contributed by atoms with Crippen LogP contribution in [0.5, 0.6) is 5.75 Å². The summed E-state index contributed by atoms with van der Waals surface area (Å²) in [6, 6.07) is 14.0. The second-order valence-electron chi connectivity index (χ2n) is 7.05. The maximum atomic E-state index is 12.6. The molecule has 0 atom stereocenters. The zero-order valence-electron chi connectivity index (χ0n) is 17.0. The molecule has 0 spiro atoms. The van der Waals surface area contributed by atoms with Gasteiger partial charge in [-0.3, -0.25) is 14.9 Å². The van der Waals surface area contributed by atoms with Crippen LogP contribution in [-0.4, -0.2) is 54.2 Å². The predicted molar refractivity (Wildman–Crippen MR) is 119 cm³/mol. The SMILES string of the molecule is CC(C)Oc1ccccc1C(=O)NC(=S)Nc1ccc(C(=O)N2CCOCC2)cc1. The molecule has 7 nitrogen and oxygen atoms in total. The highest BCUT2D eigenvalue weighted by Gasteiger charge is 2.18. The molecule has 2 aromatic carbocycles. The van der Waals surface area contributed by atoms with E-state index < -0.39 is 0 Å². The molecule has 30 heavy (non-hydrogen) atoms. The fourth-order valence-corrected chi connectivity index (χ4v) is 3.20. The summed E-state index contributed by atoms with van der Waals surface area (Å²) in [5, 5.41) is 5.78.